The summed E-state index contributed by atoms with van der Waals surface area (Å²) in [6, 6.07) is 6.96. The molecule has 0 unspecified atom stereocenters. The average molecular weight is 247 g/mol. The molecule has 0 atom stereocenters. The number of hydrogen-bond acceptors (Lipinski definition) is 6. The van der Waals surface area contributed by atoms with Gasteiger partial charge in [-0.1, -0.05) is 0 Å². The Morgan fingerprint density at radius 1 is 1.11 bits per heavy atom. The van der Waals surface area contributed by atoms with Crippen LogP contribution in [0.3, 0.4) is 0 Å². The lowest BCUT2D eigenvalue weighted by Gasteiger charge is -2.02. The van der Waals surface area contributed by atoms with Crippen molar-refractivity contribution in [1.29, 1.82) is 26.5 Å². The monoisotopic (exact) mass is 247 g/mol. The minimum atomic E-state index is -0.326. The van der Waals surface area contributed by atoms with Crippen LogP contribution in [-0.4, -0.2) is 18.8 Å². The Bertz CT molecular complexity index is 744. The second kappa shape index (κ2) is 5.62. The largest absolute Gasteiger partial charge is 0.337 e. The molecule has 0 saturated heterocycles. The van der Waals surface area contributed by atoms with Crippen molar-refractivity contribution in [1.82, 2.24) is 5.32 Å². The van der Waals surface area contributed by atoms with Crippen LogP contribution in [-0.2, 0) is 0 Å². The van der Waals surface area contributed by atoms with Crippen molar-refractivity contribution < 1.29 is 0 Å². The highest BCUT2D eigenvalue weighted by Gasteiger charge is 2.29. The molecule has 7 heteroatoms. The summed E-state index contributed by atoms with van der Waals surface area (Å²) in [6.07, 6.45) is 0. The molecule has 0 aromatic heterocycles. The Labute approximate surface area is 108 Å². The van der Waals surface area contributed by atoms with Gasteiger partial charge in [0.1, 0.15) is 46.8 Å². The molecule has 0 spiro atoms. The molecule has 1 aliphatic rings. The molecule has 0 aliphatic carbocycles. The lowest BCUT2D eigenvalue weighted by molar-refractivity contribution is 1.16. The summed E-state index contributed by atoms with van der Waals surface area (Å²) in [6.45, 7) is 0. The Morgan fingerprint density at radius 3 is 2.11 bits per heavy atom. The Balaban J connectivity index is 3.74. The number of hydrogen-bond donors (Lipinski definition) is 2. The molecule has 0 aromatic carbocycles. The van der Waals surface area contributed by atoms with Gasteiger partial charge in [-0.3, -0.25) is 10.4 Å². The number of allylic oxidation sites excluding steroid dienone is 3. The third kappa shape index (κ3) is 2.09. The van der Waals surface area contributed by atoms with Crippen LogP contribution in [0.2, 0.25) is 0 Å². The third-order valence-electron chi connectivity index (χ3n) is 2.28. The highest BCUT2D eigenvalue weighted by molar-refractivity contribution is 6.09. The van der Waals surface area contributed by atoms with E-state index in [2.05, 4.69) is 10.3 Å². The first-order valence-corrected chi connectivity index (χ1v) is 4.82. The normalized spacial score (nSPS) is 17.4. The summed E-state index contributed by atoms with van der Waals surface area (Å²) < 4.78 is 0. The van der Waals surface area contributed by atoms with Gasteiger partial charge in [-0.2, -0.15) is 21.0 Å². The van der Waals surface area contributed by atoms with Crippen molar-refractivity contribution in [2.45, 2.75) is 0 Å². The smallest absolute Gasteiger partial charge is 0.144 e. The maximum absolute atomic E-state index is 9.07. The molecule has 0 saturated carbocycles. The molecule has 19 heavy (non-hydrogen) atoms. The van der Waals surface area contributed by atoms with Crippen LogP contribution in [0, 0.1) is 50.7 Å². The van der Waals surface area contributed by atoms with Gasteiger partial charge in [-0.15, -0.1) is 0 Å². The van der Waals surface area contributed by atoms with Gasteiger partial charge in [0.05, 0.1) is 11.3 Å². The topological polar surface area (TPSA) is 143 Å². The van der Waals surface area contributed by atoms with Crippen LogP contribution < -0.4 is 5.32 Å². The van der Waals surface area contributed by atoms with Gasteiger partial charge < -0.3 is 5.32 Å². The lowest BCUT2D eigenvalue weighted by atomic mass is 10.0. The van der Waals surface area contributed by atoms with Crippen molar-refractivity contribution in [2.24, 2.45) is 4.99 Å². The SMILES string of the molecule is CN=C1N/C(=C(/C#N)C(=C=N)C#N)C(C#N)=C1C#N. The minimum absolute atomic E-state index is 0.00144. The molecular formula is C12H5N7. The molecule has 1 rings (SSSR count). The summed E-state index contributed by atoms with van der Waals surface area (Å²) in [5.41, 5.74) is -0.635. The van der Waals surface area contributed by atoms with E-state index in [4.69, 9.17) is 26.5 Å². The zero-order valence-corrected chi connectivity index (χ0v) is 9.74. The summed E-state index contributed by atoms with van der Waals surface area (Å²) in [7, 11) is 1.42. The zero-order valence-electron chi connectivity index (χ0n) is 9.74. The standard InChI is InChI=1S/C12H5N7/c1-18-12-10(6-17)9(5-16)11(19-12)8(4-15)7(2-13)3-14/h13H,1H3,(H,18,19)/b11-8-. The Kier molecular flexibility index (Phi) is 3.97. The summed E-state index contributed by atoms with van der Waals surface area (Å²) in [5, 5.41) is 45.5. The number of nitrogens with one attached hydrogen (secondary N) is 2. The number of rotatable bonds is 1. The predicted octanol–water partition coefficient (Wildman–Crippen LogP) is 0.438. The molecule has 88 valence electrons. The first kappa shape index (κ1) is 13.4. The van der Waals surface area contributed by atoms with E-state index >= 15 is 0 Å². The van der Waals surface area contributed by atoms with E-state index in [-0.39, 0.29) is 33.8 Å². The van der Waals surface area contributed by atoms with Gasteiger partial charge in [0, 0.05) is 7.05 Å². The molecule has 0 fully saturated rings. The fraction of sp³-hybridized carbons (Fsp3) is 0.0833. The van der Waals surface area contributed by atoms with E-state index < -0.39 is 0 Å². The molecule has 1 aliphatic heterocycles. The lowest BCUT2D eigenvalue weighted by Crippen LogP contribution is -2.18. The van der Waals surface area contributed by atoms with E-state index in [0.717, 1.165) is 0 Å². The van der Waals surface area contributed by atoms with Crippen molar-refractivity contribution in [3.8, 4) is 24.3 Å². The van der Waals surface area contributed by atoms with Crippen LogP contribution in [0.4, 0.5) is 0 Å². The molecule has 0 amide bonds. The first-order chi connectivity index (χ1) is 9.18. The van der Waals surface area contributed by atoms with Crippen LogP contribution >= 0.6 is 0 Å². The van der Waals surface area contributed by atoms with Gasteiger partial charge >= 0.3 is 0 Å². The van der Waals surface area contributed by atoms with Gasteiger partial charge in [0.2, 0.25) is 0 Å². The van der Waals surface area contributed by atoms with Gasteiger partial charge in [0.15, 0.2) is 0 Å². The molecule has 7 nitrogen and oxygen atoms in total. The quantitative estimate of drug-likeness (QED) is 0.510. The number of nitrogens with zero attached hydrogens (tertiary/aromatic N) is 5. The highest BCUT2D eigenvalue weighted by atomic mass is 15.0. The van der Waals surface area contributed by atoms with Crippen LogP contribution in [0.15, 0.2) is 33.0 Å². The fourth-order valence-corrected chi connectivity index (χ4v) is 1.45. The van der Waals surface area contributed by atoms with Crippen molar-refractivity contribution in [3.63, 3.8) is 0 Å². The van der Waals surface area contributed by atoms with Crippen molar-refractivity contribution in [3.05, 3.63) is 28.0 Å². The minimum Gasteiger partial charge on any atom is -0.337 e. The maximum Gasteiger partial charge on any atom is 0.144 e. The summed E-state index contributed by atoms with van der Waals surface area (Å²) in [5.74, 6) is 1.96. The maximum atomic E-state index is 9.07. The third-order valence-corrected chi connectivity index (χ3v) is 2.28. The van der Waals surface area contributed by atoms with E-state index in [9.17, 15) is 0 Å². The van der Waals surface area contributed by atoms with Crippen LogP contribution in [0.25, 0.3) is 0 Å². The van der Waals surface area contributed by atoms with Crippen LogP contribution in [0.5, 0.6) is 0 Å². The number of amidine groups is 1. The second-order valence-electron chi connectivity index (χ2n) is 3.14. The van der Waals surface area contributed by atoms with Gasteiger partial charge in [0.25, 0.3) is 0 Å². The van der Waals surface area contributed by atoms with Crippen molar-refractivity contribution in [2.75, 3.05) is 7.05 Å². The average Bonchev–Trinajstić information content (AvgIpc) is 2.81. The molecule has 0 bridgehead atoms. The summed E-state index contributed by atoms with van der Waals surface area (Å²) >= 11 is 0. The molecule has 0 radical (unpaired) electrons. The zero-order chi connectivity index (χ0) is 14.4. The highest BCUT2D eigenvalue weighted by Crippen LogP contribution is 2.25. The summed E-state index contributed by atoms with van der Waals surface area (Å²) in [4.78, 5) is 3.79. The van der Waals surface area contributed by atoms with Crippen LogP contribution in [0.1, 0.15) is 0 Å². The fourth-order valence-electron chi connectivity index (χ4n) is 1.45. The Morgan fingerprint density at radius 2 is 1.74 bits per heavy atom. The predicted molar refractivity (Wildman–Crippen MR) is 64.2 cm³/mol. The number of aliphatic imine (C=N–C) groups is 1. The second-order valence-corrected chi connectivity index (χ2v) is 3.14. The molecular weight excluding hydrogens is 242 g/mol. The first-order valence-electron chi connectivity index (χ1n) is 4.82. The Hall–Kier alpha value is -3.64. The van der Waals surface area contributed by atoms with E-state index in [0.29, 0.717) is 0 Å². The molecule has 2 N–H and O–H groups in total. The van der Waals surface area contributed by atoms with E-state index in [1.165, 1.54) is 7.05 Å². The van der Waals surface area contributed by atoms with Gasteiger partial charge in [-0.25, -0.2) is 0 Å². The van der Waals surface area contributed by atoms with E-state index in [1.54, 1.807) is 18.2 Å². The number of nitriles is 4. The van der Waals surface area contributed by atoms with E-state index in [1.807, 2.05) is 11.9 Å². The van der Waals surface area contributed by atoms with Crippen molar-refractivity contribution >= 4 is 11.7 Å². The van der Waals surface area contributed by atoms with Gasteiger partial charge in [-0.05, 0) is 5.87 Å². The molecule has 1 heterocycles. The molecule has 0 aromatic rings.